The molecule has 6 atom stereocenters. The molecule has 76 heavy (non-hydrogen) atoms. The minimum Gasteiger partial charge on any atom is -0.445 e. The first-order valence-corrected chi connectivity index (χ1v) is 26.2. The fourth-order valence-corrected chi connectivity index (χ4v) is 8.98. The molecule has 0 aromatic heterocycles. The maximum atomic E-state index is 15.0. The van der Waals surface area contributed by atoms with Gasteiger partial charge in [0.15, 0.2) is 17.3 Å². The summed E-state index contributed by atoms with van der Waals surface area (Å²) in [5, 5.41) is 5.38. The average molecular weight is 1060 g/mol. The second kappa shape index (κ2) is 34.9. The van der Waals surface area contributed by atoms with Gasteiger partial charge in [-0.15, -0.1) is 0 Å². The van der Waals surface area contributed by atoms with Crippen LogP contribution >= 0.6 is 0 Å². The van der Waals surface area contributed by atoms with Crippen LogP contribution in [0.15, 0.2) is 66.2 Å². The molecule has 0 fully saturated rings. The Bertz CT molecular complexity index is 2250. The van der Waals surface area contributed by atoms with Gasteiger partial charge < -0.3 is 36.6 Å². The summed E-state index contributed by atoms with van der Waals surface area (Å²) in [5.74, 6) is -2.30. The molecule has 0 radical (unpaired) electrons. The fraction of sp³-hybridized carbons (Fsp3) is 0.603. The lowest BCUT2D eigenvalue weighted by Gasteiger charge is -2.41. The third-order valence-electron chi connectivity index (χ3n) is 13.8. The predicted molar refractivity (Wildman–Crippen MR) is 290 cm³/mol. The van der Waals surface area contributed by atoms with Crippen molar-refractivity contribution in [1.29, 1.82) is 0 Å². The van der Waals surface area contributed by atoms with E-state index in [0.29, 0.717) is 42.0 Å². The van der Waals surface area contributed by atoms with E-state index < -0.39 is 52.9 Å². The number of ketones is 3. The van der Waals surface area contributed by atoms with Crippen LogP contribution in [0.4, 0.5) is 15.3 Å². The molecule has 422 valence electrons. The normalized spacial score (nSPS) is 13.8. The molecule has 0 saturated heterocycles. The summed E-state index contributed by atoms with van der Waals surface area (Å²) >= 11 is 0. The van der Waals surface area contributed by atoms with Gasteiger partial charge >= 0.3 is 24.4 Å². The van der Waals surface area contributed by atoms with Crippen LogP contribution in [0, 0.1) is 35.0 Å². The van der Waals surface area contributed by atoms with Gasteiger partial charge in [-0.25, -0.2) is 9.59 Å². The molecule has 2 aromatic carbocycles. The molecule has 0 heterocycles. The molecule has 18 heteroatoms. The van der Waals surface area contributed by atoms with E-state index in [4.69, 9.17) is 35.4 Å². The first-order valence-electron chi connectivity index (χ1n) is 26.2. The molecular formula is C58H88N6O12. The second-order valence-corrected chi connectivity index (χ2v) is 21.7. The number of Topliss-reactive ketones (excluding diaryl/α,β-unsaturated/α-hetero) is 3. The summed E-state index contributed by atoms with van der Waals surface area (Å²) in [7, 11) is 3.28. The van der Waals surface area contributed by atoms with Gasteiger partial charge in [0.05, 0.1) is 12.1 Å². The fourth-order valence-electron chi connectivity index (χ4n) is 8.98. The molecule has 6 N–H and O–H groups in total. The zero-order valence-corrected chi connectivity index (χ0v) is 47.6. The van der Waals surface area contributed by atoms with Gasteiger partial charge in [0, 0.05) is 62.8 Å². The zero-order chi connectivity index (χ0) is 58.5. The summed E-state index contributed by atoms with van der Waals surface area (Å²) in [4.78, 5) is 130. The predicted octanol–water partition coefficient (Wildman–Crippen LogP) is 8.61. The number of primary amides is 1. The van der Waals surface area contributed by atoms with E-state index in [1.165, 1.54) is 11.9 Å². The molecule has 0 aliphatic heterocycles. The Balaban J connectivity index is 0.00000892. The van der Waals surface area contributed by atoms with E-state index in [0.717, 1.165) is 31.2 Å². The SMILES string of the molecule is CCCC[C@H](CC)CC(=O)/C(C)=C/[C@H](C(C)C)N(C)C(=O)[C@@H](CC(=O)[C@@H](N(C)C(=O)OCc1ccc(NC(=O)[C@H](CCCNC(N)=O)CC(=O)[C@@H](N)C(C)C)cc1)C(C)(C)c1ccccc1)C(C)(C)C.O=C=O.O=C=O. The first-order chi connectivity index (χ1) is 35.5. The van der Waals surface area contributed by atoms with Crippen LogP contribution in [0.2, 0.25) is 0 Å². The van der Waals surface area contributed by atoms with Gasteiger partial charge in [-0.2, -0.15) is 19.2 Å². The quantitative estimate of drug-likeness (QED) is 0.0439. The topological polar surface area (TPSA) is 280 Å². The van der Waals surface area contributed by atoms with Gasteiger partial charge in [0.2, 0.25) is 11.8 Å². The van der Waals surface area contributed by atoms with Gasteiger partial charge in [-0.1, -0.05) is 150 Å². The van der Waals surface area contributed by atoms with E-state index in [1.807, 2.05) is 106 Å². The largest absolute Gasteiger partial charge is 0.445 e. The van der Waals surface area contributed by atoms with Crippen molar-refractivity contribution in [2.45, 2.75) is 171 Å². The van der Waals surface area contributed by atoms with Crippen LogP contribution < -0.4 is 22.1 Å². The van der Waals surface area contributed by atoms with Gasteiger partial charge in [-0.3, -0.25) is 24.0 Å². The Morgan fingerprint density at radius 2 is 1.32 bits per heavy atom. The number of hydrogen-bond donors (Lipinski definition) is 4. The number of unbranched alkanes of at least 4 members (excludes halogenated alkanes) is 1. The average Bonchev–Trinajstić information content (AvgIpc) is 3.35. The van der Waals surface area contributed by atoms with Crippen molar-refractivity contribution in [3.05, 3.63) is 77.4 Å². The minimum absolute atomic E-state index is 0.0196. The van der Waals surface area contributed by atoms with Crippen LogP contribution in [0.5, 0.6) is 0 Å². The number of allylic oxidation sites excluding steroid dienone is 1. The van der Waals surface area contributed by atoms with Crippen LogP contribution in [0.25, 0.3) is 0 Å². The number of carbonyl (C=O) groups is 7. The molecule has 2 aromatic rings. The highest BCUT2D eigenvalue weighted by Crippen LogP contribution is 2.37. The Labute approximate surface area is 451 Å². The summed E-state index contributed by atoms with van der Waals surface area (Å²) in [6, 6.07) is 13.4. The van der Waals surface area contributed by atoms with E-state index in [1.54, 1.807) is 36.2 Å². The molecule has 0 spiro atoms. The zero-order valence-electron chi connectivity index (χ0n) is 47.6. The number of benzene rings is 2. The van der Waals surface area contributed by atoms with Crippen LogP contribution in [0.1, 0.15) is 152 Å². The van der Waals surface area contributed by atoms with Gasteiger partial charge in [0.1, 0.15) is 12.6 Å². The van der Waals surface area contributed by atoms with Gasteiger partial charge in [0.25, 0.3) is 0 Å². The number of amides is 5. The Morgan fingerprint density at radius 3 is 1.80 bits per heavy atom. The van der Waals surface area contributed by atoms with Crippen molar-refractivity contribution in [3.8, 4) is 0 Å². The number of nitrogens with one attached hydrogen (secondary N) is 2. The maximum Gasteiger partial charge on any atom is 0.410 e. The smallest absolute Gasteiger partial charge is 0.410 e. The standard InChI is InChI=1S/C56H88N6O8.2CO2/c1-15-17-22-39(16-2)32-46(63)38(7)31-45(36(3)4)61(13)52(67)44(55(8,9)10)34-48(65)50(56(11,12)42-24-19-18-20-25-42)62(14)54(69)70-35-40-26-28-43(29-27-40)60-51(66)41(23-21-30-59-53(58)68)33-47(64)49(57)37(5)6;2*2-1-3/h18-20,24-29,31,36-37,39,41,44-45,49-50H,15-17,21-23,30,32-35,57H2,1-14H3,(H,60,66)(H3,58,59,68);;/b38-31+;;/t39-,41+,44+,45+,49-,50+;;/m0../s1. The van der Waals surface area contributed by atoms with Crippen molar-refractivity contribution in [2.75, 3.05) is 26.0 Å². The molecule has 2 rings (SSSR count). The Kier molecular flexibility index (Phi) is 31.8. The number of carbonyl (C=O) groups excluding carboxylic acids is 11. The summed E-state index contributed by atoms with van der Waals surface area (Å²) in [6.45, 7) is 23.6. The third-order valence-corrected chi connectivity index (χ3v) is 13.8. The highest BCUT2D eigenvalue weighted by Gasteiger charge is 2.45. The summed E-state index contributed by atoms with van der Waals surface area (Å²) in [5.41, 5.74) is 12.2. The van der Waals surface area contributed by atoms with Crippen molar-refractivity contribution in [1.82, 2.24) is 15.1 Å². The van der Waals surface area contributed by atoms with E-state index in [-0.39, 0.29) is 79.3 Å². The third kappa shape index (κ3) is 23.9. The molecule has 5 amide bonds. The van der Waals surface area contributed by atoms with Crippen molar-refractivity contribution in [3.63, 3.8) is 0 Å². The number of likely N-dealkylation sites (N-methyl/N-ethyl adjacent to an activating group) is 2. The second-order valence-electron chi connectivity index (χ2n) is 21.7. The number of nitrogens with zero attached hydrogens (tertiary/aromatic N) is 2. The van der Waals surface area contributed by atoms with E-state index >= 15 is 0 Å². The van der Waals surface area contributed by atoms with Crippen LogP contribution in [-0.4, -0.2) is 102 Å². The van der Waals surface area contributed by atoms with E-state index in [9.17, 15) is 33.6 Å². The van der Waals surface area contributed by atoms with Crippen molar-refractivity contribution in [2.24, 2.45) is 46.5 Å². The summed E-state index contributed by atoms with van der Waals surface area (Å²) in [6.07, 6.45) is 6.79. The maximum absolute atomic E-state index is 15.0. The molecule has 0 bridgehead atoms. The lowest BCUT2D eigenvalue weighted by molar-refractivity contribution is -0.193. The molecule has 18 nitrogen and oxygen atoms in total. The first kappa shape index (κ1) is 69.4. The van der Waals surface area contributed by atoms with Crippen LogP contribution in [0.3, 0.4) is 0 Å². The molecule has 0 unspecified atom stereocenters. The van der Waals surface area contributed by atoms with Crippen molar-refractivity contribution < 1.29 is 57.5 Å². The van der Waals surface area contributed by atoms with Crippen LogP contribution in [-0.2, 0) is 59.9 Å². The molecule has 0 aliphatic rings. The van der Waals surface area contributed by atoms with Gasteiger partial charge in [-0.05, 0) is 71.8 Å². The Morgan fingerprint density at radius 1 is 0.750 bits per heavy atom. The molecular weight excluding hydrogens is 973 g/mol. The molecule has 0 aliphatic carbocycles. The van der Waals surface area contributed by atoms with E-state index in [2.05, 4.69) is 24.5 Å². The molecule has 0 saturated carbocycles. The number of ether oxygens (including phenoxy) is 1. The number of rotatable bonds is 29. The summed E-state index contributed by atoms with van der Waals surface area (Å²) < 4.78 is 5.84. The monoisotopic (exact) mass is 1060 g/mol. The number of hydrogen-bond acceptors (Lipinski definition) is 13. The lowest BCUT2D eigenvalue weighted by Crippen LogP contribution is -2.55. The number of nitrogens with two attached hydrogens (primary N) is 2. The highest BCUT2D eigenvalue weighted by molar-refractivity contribution is 5.97. The van der Waals surface area contributed by atoms with Crippen molar-refractivity contribution >= 4 is 59.3 Å². The lowest BCUT2D eigenvalue weighted by atomic mass is 9.71. The Hall–Kier alpha value is -6.61. The minimum atomic E-state index is -1.04. The number of anilines is 1. The highest BCUT2D eigenvalue weighted by atomic mass is 16.6. The number of urea groups is 1.